The summed E-state index contributed by atoms with van der Waals surface area (Å²) >= 11 is 0. The van der Waals surface area contributed by atoms with E-state index in [2.05, 4.69) is 17.2 Å². The molecule has 3 N–H and O–H groups in total. The summed E-state index contributed by atoms with van der Waals surface area (Å²) in [6.45, 7) is 3.48. The molecule has 0 saturated carbocycles. The van der Waals surface area contributed by atoms with Gasteiger partial charge in [0.1, 0.15) is 17.4 Å². The van der Waals surface area contributed by atoms with E-state index in [1.165, 1.54) is 6.07 Å². The molecule has 0 saturated heterocycles. The van der Waals surface area contributed by atoms with Crippen molar-refractivity contribution >= 4 is 33.7 Å². The normalized spacial score (nSPS) is 12.1. The van der Waals surface area contributed by atoms with Crippen LogP contribution in [-0.2, 0) is 22.4 Å². The smallest absolute Gasteiger partial charge is 0.336 e. The maximum atomic E-state index is 12.5. The number of carboxylic acid groups (broad SMARTS) is 1. The molecule has 8 nitrogen and oxygen atoms in total. The highest BCUT2D eigenvalue weighted by Gasteiger charge is 2.22. The van der Waals surface area contributed by atoms with Crippen molar-refractivity contribution in [2.24, 2.45) is 0 Å². The van der Waals surface area contributed by atoms with Crippen LogP contribution in [0, 0.1) is 6.92 Å². The third-order valence-electron chi connectivity index (χ3n) is 6.09. The van der Waals surface area contributed by atoms with Crippen molar-refractivity contribution in [3.8, 4) is 5.75 Å². The first-order valence-corrected chi connectivity index (χ1v) is 11.6. The highest BCUT2D eigenvalue weighted by atomic mass is 16.5. The molecular weight excluding hydrogens is 448 g/mol. The van der Waals surface area contributed by atoms with Gasteiger partial charge in [0, 0.05) is 40.5 Å². The molecule has 0 aliphatic heterocycles. The lowest BCUT2D eigenvalue weighted by molar-refractivity contribution is -0.142. The molecule has 182 valence electrons. The van der Waals surface area contributed by atoms with E-state index in [0.29, 0.717) is 16.9 Å². The van der Waals surface area contributed by atoms with Crippen LogP contribution in [-0.4, -0.2) is 34.6 Å². The zero-order valence-electron chi connectivity index (χ0n) is 19.7. The summed E-state index contributed by atoms with van der Waals surface area (Å²) < 4.78 is 11.1. The summed E-state index contributed by atoms with van der Waals surface area (Å²) in [6, 6.07) is 11.5. The molecule has 4 rings (SSSR count). The van der Waals surface area contributed by atoms with Crippen molar-refractivity contribution in [2.75, 3.05) is 6.61 Å². The molecule has 35 heavy (non-hydrogen) atoms. The van der Waals surface area contributed by atoms with Gasteiger partial charge in [-0.2, -0.15) is 0 Å². The molecule has 0 fully saturated rings. The van der Waals surface area contributed by atoms with E-state index in [9.17, 15) is 19.5 Å². The van der Waals surface area contributed by atoms with E-state index in [4.69, 9.17) is 9.15 Å². The number of aliphatic carboxylic acids is 1. The van der Waals surface area contributed by atoms with Crippen LogP contribution in [0.2, 0.25) is 0 Å². The van der Waals surface area contributed by atoms with E-state index >= 15 is 0 Å². The SMILES string of the molecule is CCCCc1cc(=O)oc2c(C)c(OCC(=O)NC(Cc3c[nH]c4ccccc34)C(=O)O)ccc12. The molecule has 1 amide bonds. The quantitative estimate of drug-likeness (QED) is 0.296. The van der Waals surface area contributed by atoms with Gasteiger partial charge < -0.3 is 24.6 Å². The van der Waals surface area contributed by atoms with Gasteiger partial charge in [-0.3, -0.25) is 4.79 Å². The third kappa shape index (κ3) is 5.37. The van der Waals surface area contributed by atoms with Crippen LogP contribution in [0.3, 0.4) is 0 Å². The Balaban J connectivity index is 1.46. The Morgan fingerprint density at radius 2 is 1.94 bits per heavy atom. The van der Waals surface area contributed by atoms with Crippen molar-refractivity contribution in [3.05, 3.63) is 75.8 Å². The van der Waals surface area contributed by atoms with Crippen molar-refractivity contribution < 1.29 is 23.8 Å². The van der Waals surface area contributed by atoms with Crippen LogP contribution in [0.15, 0.2) is 57.9 Å². The van der Waals surface area contributed by atoms with Gasteiger partial charge in [0.15, 0.2) is 6.61 Å². The number of hydrogen-bond donors (Lipinski definition) is 3. The van der Waals surface area contributed by atoms with E-state index in [-0.39, 0.29) is 13.0 Å². The topological polar surface area (TPSA) is 122 Å². The predicted molar refractivity (Wildman–Crippen MR) is 133 cm³/mol. The highest BCUT2D eigenvalue weighted by molar-refractivity contribution is 5.88. The maximum absolute atomic E-state index is 12.5. The number of benzene rings is 2. The fourth-order valence-corrected chi connectivity index (χ4v) is 4.24. The minimum atomic E-state index is -1.13. The molecule has 8 heteroatoms. The van der Waals surface area contributed by atoms with Gasteiger partial charge in [-0.15, -0.1) is 0 Å². The second kappa shape index (κ2) is 10.5. The molecule has 0 aliphatic rings. The molecule has 1 unspecified atom stereocenters. The van der Waals surface area contributed by atoms with Gasteiger partial charge >= 0.3 is 11.6 Å². The number of carbonyl (C=O) groups excluding carboxylic acids is 1. The summed E-state index contributed by atoms with van der Waals surface area (Å²) in [6.07, 6.45) is 4.62. The van der Waals surface area contributed by atoms with Gasteiger partial charge in [-0.25, -0.2) is 9.59 Å². The molecular formula is C27H28N2O6. The molecule has 0 spiro atoms. The van der Waals surface area contributed by atoms with Gasteiger partial charge in [0.05, 0.1) is 0 Å². The fourth-order valence-electron chi connectivity index (χ4n) is 4.24. The van der Waals surface area contributed by atoms with Crippen LogP contribution >= 0.6 is 0 Å². The minimum Gasteiger partial charge on any atom is -0.483 e. The molecule has 4 aromatic rings. The average molecular weight is 477 g/mol. The van der Waals surface area contributed by atoms with Crippen LogP contribution < -0.4 is 15.7 Å². The highest BCUT2D eigenvalue weighted by Crippen LogP contribution is 2.29. The zero-order chi connectivity index (χ0) is 24.9. The summed E-state index contributed by atoms with van der Waals surface area (Å²) in [5.41, 5.74) is 3.24. The third-order valence-corrected chi connectivity index (χ3v) is 6.09. The molecule has 2 heterocycles. The lowest BCUT2D eigenvalue weighted by Crippen LogP contribution is -2.44. The van der Waals surface area contributed by atoms with E-state index < -0.39 is 23.5 Å². The Labute approximate surface area is 201 Å². The van der Waals surface area contributed by atoms with Crippen molar-refractivity contribution in [1.29, 1.82) is 0 Å². The van der Waals surface area contributed by atoms with Crippen LogP contribution in [0.4, 0.5) is 0 Å². The number of aryl methyl sites for hydroxylation is 2. The molecule has 2 aromatic heterocycles. The Morgan fingerprint density at radius 3 is 2.71 bits per heavy atom. The average Bonchev–Trinajstić information content (AvgIpc) is 3.25. The standard InChI is InChI=1S/C27H28N2O6/c1-3-4-7-17-13-25(31)35-26-16(2)23(11-10-20(17)26)34-15-24(30)29-22(27(32)33)12-18-14-28-21-9-6-5-8-19(18)21/h5-6,8-11,13-14,22,28H,3-4,7,12,15H2,1-2H3,(H,29,30)(H,32,33). The van der Waals surface area contributed by atoms with Gasteiger partial charge in [-0.1, -0.05) is 31.5 Å². The number of amides is 1. The molecule has 0 radical (unpaired) electrons. The summed E-state index contributed by atoms with van der Waals surface area (Å²) in [5.74, 6) is -1.30. The summed E-state index contributed by atoms with van der Waals surface area (Å²) in [7, 11) is 0. The molecule has 1 atom stereocenters. The van der Waals surface area contributed by atoms with Crippen molar-refractivity contribution in [2.45, 2.75) is 45.6 Å². The minimum absolute atomic E-state index is 0.131. The predicted octanol–water partition coefficient (Wildman–Crippen LogP) is 4.12. The first kappa shape index (κ1) is 24.1. The second-order valence-electron chi connectivity index (χ2n) is 8.57. The zero-order valence-corrected chi connectivity index (χ0v) is 19.7. The number of aromatic nitrogens is 1. The first-order chi connectivity index (χ1) is 16.9. The lowest BCUT2D eigenvalue weighted by atomic mass is 10.0. The number of para-hydroxylation sites is 1. The van der Waals surface area contributed by atoms with E-state index in [1.54, 1.807) is 19.2 Å². The Hall–Kier alpha value is -4.07. The Morgan fingerprint density at radius 1 is 1.14 bits per heavy atom. The second-order valence-corrected chi connectivity index (χ2v) is 8.57. The van der Waals surface area contributed by atoms with Gasteiger partial charge in [0.2, 0.25) is 0 Å². The number of nitrogens with one attached hydrogen (secondary N) is 2. The number of H-pyrrole nitrogens is 1. The molecule has 0 bridgehead atoms. The van der Waals surface area contributed by atoms with E-state index in [0.717, 1.165) is 46.7 Å². The summed E-state index contributed by atoms with van der Waals surface area (Å²) in [4.78, 5) is 39.5. The largest absolute Gasteiger partial charge is 0.483 e. The number of unbranched alkanes of at least 4 members (excludes halogenated alkanes) is 1. The maximum Gasteiger partial charge on any atom is 0.336 e. The van der Waals surface area contributed by atoms with Gasteiger partial charge in [-0.05, 0) is 49.1 Å². The van der Waals surface area contributed by atoms with Gasteiger partial charge in [0.25, 0.3) is 5.91 Å². The number of fused-ring (bicyclic) bond motifs is 2. The monoisotopic (exact) mass is 476 g/mol. The fraction of sp³-hybridized carbons (Fsp3) is 0.296. The van der Waals surface area contributed by atoms with Crippen molar-refractivity contribution in [3.63, 3.8) is 0 Å². The first-order valence-electron chi connectivity index (χ1n) is 11.6. The van der Waals surface area contributed by atoms with Crippen LogP contribution in [0.25, 0.3) is 21.9 Å². The van der Waals surface area contributed by atoms with Crippen LogP contribution in [0.5, 0.6) is 5.75 Å². The number of carboxylic acids is 1. The number of carbonyl (C=O) groups is 2. The number of ether oxygens (including phenoxy) is 1. The van der Waals surface area contributed by atoms with E-state index in [1.807, 2.05) is 30.3 Å². The number of rotatable bonds is 10. The number of hydrogen-bond acceptors (Lipinski definition) is 5. The Kier molecular flexibility index (Phi) is 7.19. The Bertz CT molecular complexity index is 1430. The molecule has 0 aliphatic carbocycles. The number of aromatic amines is 1. The lowest BCUT2D eigenvalue weighted by Gasteiger charge is -2.16. The summed E-state index contributed by atoms with van der Waals surface area (Å²) in [5, 5.41) is 13.9. The van der Waals surface area contributed by atoms with Crippen LogP contribution in [0.1, 0.15) is 36.5 Å². The van der Waals surface area contributed by atoms with Crippen molar-refractivity contribution in [1.82, 2.24) is 10.3 Å². The molecule has 2 aromatic carbocycles.